The molecule has 2 unspecified atom stereocenters. The Bertz CT molecular complexity index is 575. The molecule has 0 aromatic heterocycles. The van der Waals surface area contributed by atoms with E-state index in [4.69, 9.17) is 20.2 Å². The van der Waals surface area contributed by atoms with Gasteiger partial charge in [0, 0.05) is 23.6 Å². The summed E-state index contributed by atoms with van der Waals surface area (Å²) in [6, 6.07) is 6.70. The summed E-state index contributed by atoms with van der Waals surface area (Å²) in [5.41, 5.74) is 7.96. The van der Waals surface area contributed by atoms with Crippen LogP contribution >= 0.6 is 15.9 Å². The average molecular weight is 339 g/mol. The van der Waals surface area contributed by atoms with Crippen molar-refractivity contribution < 1.29 is 9.47 Å². The first-order valence-electron chi connectivity index (χ1n) is 6.77. The fourth-order valence-electron chi connectivity index (χ4n) is 3.48. The minimum atomic E-state index is -0.380. The zero-order chi connectivity index (χ0) is 14.4. The van der Waals surface area contributed by atoms with Crippen LogP contribution in [0.4, 0.5) is 0 Å². The smallest absolute Gasteiger partial charge is 0.283 e. The van der Waals surface area contributed by atoms with Crippen molar-refractivity contribution in [3.8, 4) is 0 Å². The van der Waals surface area contributed by atoms with E-state index in [0.29, 0.717) is 19.2 Å². The molecule has 0 saturated heterocycles. The number of amidine groups is 1. The Morgan fingerprint density at radius 2 is 2.30 bits per heavy atom. The first kappa shape index (κ1) is 13.9. The summed E-state index contributed by atoms with van der Waals surface area (Å²) in [6.45, 7) is 3.48. The zero-order valence-electron chi connectivity index (χ0n) is 11.8. The normalized spacial score (nSPS) is 31.2. The molecule has 2 N–H and O–H groups in total. The fourth-order valence-corrected chi connectivity index (χ4v) is 3.84. The Hall–Kier alpha value is -1.07. The van der Waals surface area contributed by atoms with E-state index in [1.807, 2.05) is 0 Å². The van der Waals surface area contributed by atoms with Gasteiger partial charge in [-0.1, -0.05) is 28.9 Å². The maximum Gasteiger partial charge on any atom is 0.283 e. The number of nitrogens with two attached hydrogens (primary N) is 1. The maximum atomic E-state index is 5.82. The predicted octanol–water partition coefficient (Wildman–Crippen LogP) is 2.59. The van der Waals surface area contributed by atoms with E-state index >= 15 is 0 Å². The van der Waals surface area contributed by atoms with E-state index in [9.17, 15) is 0 Å². The minimum Gasteiger partial charge on any atom is -0.462 e. The second kappa shape index (κ2) is 4.74. The Balaban J connectivity index is 2.11. The van der Waals surface area contributed by atoms with Gasteiger partial charge < -0.3 is 15.2 Å². The van der Waals surface area contributed by atoms with E-state index in [-0.39, 0.29) is 11.0 Å². The number of fused-ring (bicyclic) bond motifs is 2. The number of rotatable bonds is 3. The third-order valence-electron chi connectivity index (χ3n) is 4.68. The molecule has 0 bridgehead atoms. The molecule has 1 aromatic rings. The Morgan fingerprint density at radius 1 is 1.50 bits per heavy atom. The molecule has 3 rings (SSSR count). The van der Waals surface area contributed by atoms with E-state index < -0.39 is 0 Å². The molecule has 0 radical (unpaired) electrons. The number of ether oxygens (including phenoxy) is 2. The van der Waals surface area contributed by atoms with Gasteiger partial charge in [0.15, 0.2) is 0 Å². The minimum absolute atomic E-state index is 0.0345. The van der Waals surface area contributed by atoms with Crippen molar-refractivity contribution in [1.29, 1.82) is 0 Å². The van der Waals surface area contributed by atoms with Gasteiger partial charge in [0.25, 0.3) is 6.02 Å². The lowest BCUT2D eigenvalue weighted by atomic mass is 9.70. The lowest BCUT2D eigenvalue weighted by Gasteiger charge is -2.37. The van der Waals surface area contributed by atoms with Gasteiger partial charge in [-0.25, -0.2) is 4.99 Å². The number of benzene rings is 1. The van der Waals surface area contributed by atoms with Crippen LogP contribution in [0.15, 0.2) is 27.7 Å². The molecular weight excluding hydrogens is 320 g/mol. The maximum absolute atomic E-state index is 5.82. The molecule has 2 aliphatic rings. The number of aliphatic imine (C=N–C) groups is 1. The Morgan fingerprint density at radius 3 is 2.95 bits per heavy atom. The van der Waals surface area contributed by atoms with Gasteiger partial charge in [0.2, 0.25) is 0 Å². The van der Waals surface area contributed by atoms with Gasteiger partial charge in [0.1, 0.15) is 12.1 Å². The molecule has 1 spiro atoms. The molecule has 108 valence electrons. The highest BCUT2D eigenvalue weighted by atomic mass is 79.9. The SMILES string of the molecule is COCCC1(C)Cc2ccc(Br)cc2C12COC(N)=N2. The Kier molecular flexibility index (Phi) is 3.29. The van der Waals surface area contributed by atoms with Crippen molar-refractivity contribution in [2.24, 2.45) is 16.1 Å². The summed E-state index contributed by atoms with van der Waals surface area (Å²) in [5, 5.41) is 0. The lowest BCUT2D eigenvalue weighted by Crippen LogP contribution is -2.41. The van der Waals surface area contributed by atoms with Gasteiger partial charge in [0.05, 0.1) is 0 Å². The van der Waals surface area contributed by atoms with Crippen LogP contribution in [0.25, 0.3) is 0 Å². The molecule has 1 heterocycles. The zero-order valence-corrected chi connectivity index (χ0v) is 13.4. The van der Waals surface area contributed by atoms with Crippen molar-refractivity contribution in [2.75, 3.05) is 20.3 Å². The molecule has 1 aliphatic heterocycles. The summed E-state index contributed by atoms with van der Waals surface area (Å²) in [4.78, 5) is 4.70. The highest BCUT2D eigenvalue weighted by Crippen LogP contribution is 2.56. The molecule has 5 heteroatoms. The van der Waals surface area contributed by atoms with Crippen LogP contribution in [0.2, 0.25) is 0 Å². The van der Waals surface area contributed by atoms with E-state index in [2.05, 4.69) is 41.1 Å². The fraction of sp³-hybridized carbons (Fsp3) is 0.533. The van der Waals surface area contributed by atoms with E-state index in [0.717, 1.165) is 17.3 Å². The van der Waals surface area contributed by atoms with Crippen LogP contribution in [0.3, 0.4) is 0 Å². The van der Waals surface area contributed by atoms with Gasteiger partial charge >= 0.3 is 0 Å². The summed E-state index contributed by atoms with van der Waals surface area (Å²) in [5.74, 6) is 0. The molecule has 4 nitrogen and oxygen atoms in total. The molecule has 1 aliphatic carbocycles. The molecule has 20 heavy (non-hydrogen) atoms. The van der Waals surface area contributed by atoms with Crippen LogP contribution in [0.1, 0.15) is 24.5 Å². The number of hydrogen-bond donors (Lipinski definition) is 1. The van der Waals surface area contributed by atoms with Crippen LogP contribution in [0, 0.1) is 5.41 Å². The van der Waals surface area contributed by atoms with Crippen molar-refractivity contribution in [1.82, 2.24) is 0 Å². The lowest BCUT2D eigenvalue weighted by molar-refractivity contribution is 0.0733. The van der Waals surface area contributed by atoms with Crippen molar-refractivity contribution in [3.63, 3.8) is 0 Å². The van der Waals surface area contributed by atoms with Crippen molar-refractivity contribution in [3.05, 3.63) is 33.8 Å². The molecule has 2 atom stereocenters. The third-order valence-corrected chi connectivity index (χ3v) is 5.18. The standard InChI is InChI=1S/C15H19BrN2O2/c1-14(5-6-19-2)8-10-3-4-11(16)7-12(10)15(14)9-20-13(17)18-15/h3-4,7H,5-6,8-9H2,1-2H3,(H2,17,18). The van der Waals surface area contributed by atoms with Gasteiger partial charge in [-0.05, 0) is 36.1 Å². The van der Waals surface area contributed by atoms with Crippen LogP contribution in [0.5, 0.6) is 0 Å². The van der Waals surface area contributed by atoms with Gasteiger partial charge in [-0.3, -0.25) is 0 Å². The number of nitrogens with zero attached hydrogens (tertiary/aromatic N) is 1. The Labute approximate surface area is 127 Å². The average Bonchev–Trinajstić information content (AvgIpc) is 2.91. The van der Waals surface area contributed by atoms with Crippen molar-refractivity contribution in [2.45, 2.75) is 25.3 Å². The summed E-state index contributed by atoms with van der Waals surface area (Å²) in [7, 11) is 1.73. The second-order valence-electron chi connectivity index (χ2n) is 5.88. The first-order valence-corrected chi connectivity index (χ1v) is 7.56. The van der Waals surface area contributed by atoms with Crippen molar-refractivity contribution >= 4 is 22.0 Å². The predicted molar refractivity (Wildman–Crippen MR) is 81.7 cm³/mol. The van der Waals surface area contributed by atoms with Crippen LogP contribution in [-0.2, 0) is 21.4 Å². The topological polar surface area (TPSA) is 56.8 Å². The quantitative estimate of drug-likeness (QED) is 0.921. The summed E-state index contributed by atoms with van der Waals surface area (Å²) in [6.07, 6.45) is 1.90. The monoisotopic (exact) mass is 338 g/mol. The molecule has 0 saturated carbocycles. The number of methoxy groups -OCH3 is 1. The largest absolute Gasteiger partial charge is 0.462 e. The number of halogens is 1. The summed E-state index contributed by atoms with van der Waals surface area (Å²) < 4.78 is 11.9. The number of hydrogen-bond acceptors (Lipinski definition) is 4. The summed E-state index contributed by atoms with van der Waals surface area (Å²) >= 11 is 3.56. The second-order valence-corrected chi connectivity index (χ2v) is 6.80. The van der Waals surface area contributed by atoms with E-state index in [1.165, 1.54) is 11.1 Å². The first-order chi connectivity index (χ1) is 9.51. The van der Waals surface area contributed by atoms with E-state index in [1.54, 1.807) is 7.11 Å². The highest BCUT2D eigenvalue weighted by Gasteiger charge is 2.57. The van der Waals surface area contributed by atoms with Gasteiger partial charge in [-0.15, -0.1) is 0 Å². The van der Waals surface area contributed by atoms with Crippen LogP contribution in [-0.4, -0.2) is 26.3 Å². The highest BCUT2D eigenvalue weighted by molar-refractivity contribution is 9.10. The molecular formula is C15H19BrN2O2. The molecule has 1 aromatic carbocycles. The van der Waals surface area contributed by atoms with Gasteiger partial charge in [-0.2, -0.15) is 0 Å². The van der Waals surface area contributed by atoms with Crippen LogP contribution < -0.4 is 5.73 Å². The third kappa shape index (κ3) is 1.87. The molecule has 0 fully saturated rings. The molecule has 0 amide bonds.